The van der Waals surface area contributed by atoms with E-state index in [0.717, 1.165) is 11.1 Å². The van der Waals surface area contributed by atoms with E-state index in [2.05, 4.69) is 10.1 Å². The van der Waals surface area contributed by atoms with Crippen LogP contribution in [-0.4, -0.2) is 31.0 Å². The number of benzene rings is 2. The maximum absolute atomic E-state index is 14.1. The second kappa shape index (κ2) is 7.64. The van der Waals surface area contributed by atoms with Gasteiger partial charge in [0.2, 0.25) is 0 Å². The fraction of sp³-hybridized carbons (Fsp3) is 0.263. The second-order valence-electron chi connectivity index (χ2n) is 6.30. The fourth-order valence-electron chi connectivity index (χ4n) is 2.77. The molecule has 0 fully saturated rings. The number of aliphatic imine (C=N–C) groups is 1. The van der Waals surface area contributed by atoms with Crippen LogP contribution in [0.4, 0.5) is 10.1 Å². The highest BCUT2D eigenvalue weighted by atomic mass is 35.5. The molecule has 4 nitrogen and oxygen atoms in total. The predicted octanol–water partition coefficient (Wildman–Crippen LogP) is 5.53. The Morgan fingerprint density at radius 2 is 2.04 bits per heavy atom. The van der Waals surface area contributed by atoms with Gasteiger partial charge < -0.3 is 9.74 Å². The van der Waals surface area contributed by atoms with Gasteiger partial charge in [0.05, 0.1) is 33.3 Å². The third kappa shape index (κ3) is 3.84. The molecule has 1 aliphatic heterocycles. The van der Waals surface area contributed by atoms with E-state index in [4.69, 9.17) is 28.0 Å². The molecule has 0 aromatic heterocycles. The molecule has 26 heavy (non-hydrogen) atoms. The SMILES string of the molecule is Cc1cc(N=CN(C)C)c(Cl)cc1C1CC(c2c(F)cccc2Cl)=NO1. The first-order chi connectivity index (χ1) is 12.4. The Morgan fingerprint density at radius 3 is 2.73 bits per heavy atom. The summed E-state index contributed by atoms with van der Waals surface area (Å²) in [5.41, 5.74) is 3.32. The molecule has 1 unspecified atom stereocenters. The molecule has 0 spiro atoms. The molecule has 2 aromatic rings. The molecule has 0 N–H and O–H groups in total. The lowest BCUT2D eigenvalue weighted by Gasteiger charge is -2.14. The monoisotopic (exact) mass is 393 g/mol. The first-order valence-corrected chi connectivity index (χ1v) is 8.80. The van der Waals surface area contributed by atoms with E-state index in [1.165, 1.54) is 6.07 Å². The number of nitrogens with zero attached hydrogens (tertiary/aromatic N) is 3. The third-order valence-electron chi connectivity index (χ3n) is 4.03. The number of hydrogen-bond donors (Lipinski definition) is 0. The third-order valence-corrected chi connectivity index (χ3v) is 4.65. The van der Waals surface area contributed by atoms with Gasteiger partial charge in [0.15, 0.2) is 6.10 Å². The van der Waals surface area contributed by atoms with Crippen molar-refractivity contribution in [3.05, 3.63) is 62.9 Å². The summed E-state index contributed by atoms with van der Waals surface area (Å²) in [6, 6.07) is 8.28. The lowest BCUT2D eigenvalue weighted by atomic mass is 9.96. The minimum absolute atomic E-state index is 0.285. The quantitative estimate of drug-likeness (QED) is 0.505. The Balaban J connectivity index is 1.85. The van der Waals surface area contributed by atoms with E-state index >= 15 is 0 Å². The van der Waals surface area contributed by atoms with Gasteiger partial charge in [-0.15, -0.1) is 0 Å². The smallest absolute Gasteiger partial charge is 0.158 e. The van der Waals surface area contributed by atoms with E-state index in [9.17, 15) is 4.39 Å². The van der Waals surface area contributed by atoms with Crippen molar-refractivity contribution in [1.82, 2.24) is 4.90 Å². The molecule has 3 rings (SSSR count). The average molecular weight is 394 g/mol. The zero-order chi connectivity index (χ0) is 18.8. The summed E-state index contributed by atoms with van der Waals surface area (Å²) >= 11 is 12.5. The standard InChI is InChI=1S/C19H18Cl2FN3O/c1-11-7-16(23-10-25(2)3)14(21)8-12(11)18-9-17(24-26-18)19-13(20)5-4-6-15(19)22/h4-8,10,18H,9H2,1-3H3. The highest BCUT2D eigenvalue weighted by Crippen LogP contribution is 2.37. The fourth-order valence-corrected chi connectivity index (χ4v) is 3.26. The van der Waals surface area contributed by atoms with Crippen molar-refractivity contribution in [2.75, 3.05) is 14.1 Å². The van der Waals surface area contributed by atoms with E-state index in [0.29, 0.717) is 27.9 Å². The summed E-state index contributed by atoms with van der Waals surface area (Å²) < 4.78 is 14.1. The molecule has 136 valence electrons. The Hall–Kier alpha value is -2.11. The molecular weight excluding hydrogens is 376 g/mol. The topological polar surface area (TPSA) is 37.2 Å². The van der Waals surface area contributed by atoms with Gasteiger partial charge >= 0.3 is 0 Å². The minimum Gasteiger partial charge on any atom is -0.387 e. The Bertz CT molecular complexity index is 876. The van der Waals surface area contributed by atoms with E-state index < -0.39 is 5.82 Å². The van der Waals surface area contributed by atoms with Crippen molar-refractivity contribution >= 4 is 40.9 Å². The van der Waals surface area contributed by atoms with Gasteiger partial charge in [0.25, 0.3) is 0 Å². The van der Waals surface area contributed by atoms with Crippen molar-refractivity contribution in [3.63, 3.8) is 0 Å². The van der Waals surface area contributed by atoms with Crippen molar-refractivity contribution in [3.8, 4) is 0 Å². The maximum atomic E-state index is 14.1. The molecule has 0 saturated carbocycles. The second-order valence-corrected chi connectivity index (χ2v) is 7.12. The van der Waals surface area contributed by atoms with Gasteiger partial charge in [-0.25, -0.2) is 9.38 Å². The number of oxime groups is 1. The predicted molar refractivity (Wildman–Crippen MR) is 104 cm³/mol. The average Bonchev–Trinajstić information content (AvgIpc) is 3.04. The molecule has 7 heteroatoms. The van der Waals surface area contributed by atoms with Crippen LogP contribution < -0.4 is 0 Å². The molecule has 0 amide bonds. The summed E-state index contributed by atoms with van der Waals surface area (Å²) in [7, 11) is 3.77. The zero-order valence-electron chi connectivity index (χ0n) is 14.6. The Morgan fingerprint density at radius 1 is 1.27 bits per heavy atom. The Labute approximate surface area is 161 Å². The summed E-state index contributed by atoms with van der Waals surface area (Å²) in [4.78, 5) is 11.7. The van der Waals surface area contributed by atoms with Gasteiger partial charge in [-0.3, -0.25) is 0 Å². The molecule has 2 aromatic carbocycles. The first-order valence-electron chi connectivity index (χ1n) is 8.04. The van der Waals surface area contributed by atoms with Gasteiger partial charge in [-0.05, 0) is 42.3 Å². The van der Waals surface area contributed by atoms with E-state index in [1.54, 1.807) is 18.5 Å². The van der Waals surface area contributed by atoms with Crippen LogP contribution in [0.1, 0.15) is 29.2 Å². The Kier molecular flexibility index (Phi) is 5.49. The lowest BCUT2D eigenvalue weighted by Crippen LogP contribution is -2.07. The minimum atomic E-state index is -0.413. The first kappa shape index (κ1) is 18.7. The van der Waals surface area contributed by atoms with Crippen molar-refractivity contribution in [1.29, 1.82) is 0 Å². The van der Waals surface area contributed by atoms with Gasteiger partial charge in [0, 0.05) is 20.5 Å². The normalized spacial score (nSPS) is 16.7. The molecule has 1 aliphatic rings. The highest BCUT2D eigenvalue weighted by Gasteiger charge is 2.28. The molecule has 0 saturated heterocycles. The molecule has 0 aliphatic carbocycles. The van der Waals surface area contributed by atoms with Crippen molar-refractivity contribution < 1.29 is 9.23 Å². The number of halogens is 3. The van der Waals surface area contributed by atoms with Crippen LogP contribution in [0.5, 0.6) is 0 Å². The summed E-state index contributed by atoms with van der Waals surface area (Å²) in [6.07, 6.45) is 1.76. The van der Waals surface area contributed by atoms with Gasteiger partial charge in [-0.2, -0.15) is 0 Å². The van der Waals surface area contributed by atoms with Crippen molar-refractivity contribution in [2.45, 2.75) is 19.4 Å². The van der Waals surface area contributed by atoms with Crippen LogP contribution in [0.2, 0.25) is 10.0 Å². The van der Waals surface area contributed by atoms with Gasteiger partial charge in [-0.1, -0.05) is 34.4 Å². The molecule has 0 bridgehead atoms. The lowest BCUT2D eigenvalue weighted by molar-refractivity contribution is 0.0853. The van der Waals surface area contributed by atoms with Crippen LogP contribution in [0.3, 0.4) is 0 Å². The van der Waals surface area contributed by atoms with Crippen LogP contribution in [0.15, 0.2) is 40.5 Å². The van der Waals surface area contributed by atoms with E-state index in [1.807, 2.05) is 38.1 Å². The largest absolute Gasteiger partial charge is 0.387 e. The number of hydrogen-bond acceptors (Lipinski definition) is 3. The summed E-state index contributed by atoms with van der Waals surface area (Å²) in [5.74, 6) is -0.413. The van der Waals surface area contributed by atoms with Crippen LogP contribution in [0.25, 0.3) is 0 Å². The molecule has 1 heterocycles. The molecular formula is C19H18Cl2FN3O. The number of rotatable bonds is 4. The maximum Gasteiger partial charge on any atom is 0.158 e. The van der Waals surface area contributed by atoms with Gasteiger partial charge in [0.1, 0.15) is 5.82 Å². The van der Waals surface area contributed by atoms with Crippen LogP contribution in [0, 0.1) is 12.7 Å². The zero-order valence-corrected chi connectivity index (χ0v) is 16.1. The summed E-state index contributed by atoms with van der Waals surface area (Å²) in [6.45, 7) is 1.96. The highest BCUT2D eigenvalue weighted by molar-refractivity contribution is 6.34. The van der Waals surface area contributed by atoms with E-state index in [-0.39, 0.29) is 11.7 Å². The van der Waals surface area contributed by atoms with Crippen molar-refractivity contribution in [2.24, 2.45) is 10.1 Å². The van der Waals surface area contributed by atoms with Crippen LogP contribution >= 0.6 is 23.2 Å². The molecule has 1 atom stereocenters. The summed E-state index contributed by atoms with van der Waals surface area (Å²) in [5, 5.41) is 4.89. The number of aryl methyl sites for hydroxylation is 1. The van der Waals surface area contributed by atoms with Crippen LogP contribution in [-0.2, 0) is 4.84 Å². The molecule has 0 radical (unpaired) electrons.